The highest BCUT2D eigenvalue weighted by Crippen LogP contribution is 2.26. The third kappa shape index (κ3) is 10.8. The van der Waals surface area contributed by atoms with Gasteiger partial charge in [-0.3, -0.25) is 14.4 Å². The summed E-state index contributed by atoms with van der Waals surface area (Å²) >= 11 is 1.36. The van der Waals surface area contributed by atoms with Gasteiger partial charge in [0, 0.05) is 21.8 Å². The molecule has 0 bridgehead atoms. The standard InChI is InChI=1S/C42H39N3O5S/c1-3-4-27-50-42(49)34-19-21-35(22-20-34)43-39(46)29(2)51-37-25-23-36(24-26-37)44-41(48)38(45-40(47)33-13-9-6-10-14-33)28-30-15-17-32(18-16-30)31-11-7-5-8-12-31/h5-26,28-29H,3-4,27H2,1-2H3,(H,43,46)(H,44,48)(H,45,47)/b38-28-. The maximum Gasteiger partial charge on any atom is 0.338 e. The van der Waals surface area contributed by atoms with E-state index in [9.17, 15) is 19.2 Å². The molecule has 1 unspecified atom stereocenters. The number of carbonyl (C=O) groups excluding carboxylic acids is 4. The normalized spacial score (nSPS) is 11.6. The first-order valence-electron chi connectivity index (χ1n) is 16.7. The Labute approximate surface area is 302 Å². The summed E-state index contributed by atoms with van der Waals surface area (Å²) in [4.78, 5) is 52.5. The van der Waals surface area contributed by atoms with E-state index in [1.807, 2.05) is 79.7 Å². The molecule has 0 saturated carbocycles. The van der Waals surface area contributed by atoms with Gasteiger partial charge in [-0.1, -0.05) is 86.1 Å². The molecule has 0 spiro atoms. The molecule has 258 valence electrons. The Morgan fingerprint density at radius 1 is 0.686 bits per heavy atom. The van der Waals surface area contributed by atoms with Crippen LogP contribution in [0.25, 0.3) is 17.2 Å². The smallest absolute Gasteiger partial charge is 0.338 e. The van der Waals surface area contributed by atoms with Crippen molar-refractivity contribution in [3.63, 3.8) is 0 Å². The number of thioether (sulfide) groups is 1. The number of rotatable bonds is 14. The molecule has 0 saturated heterocycles. The summed E-state index contributed by atoms with van der Waals surface area (Å²) in [6, 6.07) is 40.1. The van der Waals surface area contributed by atoms with Crippen molar-refractivity contribution >= 4 is 52.9 Å². The van der Waals surface area contributed by atoms with Crippen LogP contribution in [-0.2, 0) is 14.3 Å². The first-order valence-corrected chi connectivity index (χ1v) is 17.6. The monoisotopic (exact) mass is 697 g/mol. The minimum atomic E-state index is -0.486. The number of carbonyl (C=O) groups is 4. The van der Waals surface area contributed by atoms with Crippen molar-refractivity contribution in [1.29, 1.82) is 0 Å². The van der Waals surface area contributed by atoms with Gasteiger partial charge in [0.25, 0.3) is 11.8 Å². The molecule has 5 aromatic carbocycles. The van der Waals surface area contributed by atoms with Gasteiger partial charge < -0.3 is 20.7 Å². The molecule has 1 atom stereocenters. The van der Waals surface area contributed by atoms with Gasteiger partial charge in [0.1, 0.15) is 5.70 Å². The number of ether oxygens (including phenoxy) is 1. The van der Waals surface area contributed by atoms with E-state index in [-0.39, 0.29) is 17.6 Å². The topological polar surface area (TPSA) is 114 Å². The second-order valence-electron chi connectivity index (χ2n) is 11.7. The molecular weight excluding hydrogens is 659 g/mol. The third-order valence-electron chi connectivity index (χ3n) is 7.77. The lowest BCUT2D eigenvalue weighted by atomic mass is 10.0. The fourth-order valence-corrected chi connectivity index (χ4v) is 5.78. The summed E-state index contributed by atoms with van der Waals surface area (Å²) in [7, 11) is 0. The molecular formula is C42H39N3O5S. The molecule has 9 heteroatoms. The predicted molar refractivity (Wildman–Crippen MR) is 204 cm³/mol. The number of amides is 3. The number of benzene rings is 5. The highest BCUT2D eigenvalue weighted by Gasteiger charge is 2.17. The van der Waals surface area contributed by atoms with Crippen LogP contribution in [0.3, 0.4) is 0 Å². The molecule has 51 heavy (non-hydrogen) atoms. The molecule has 0 aromatic heterocycles. The number of unbranched alkanes of at least 4 members (excludes halogenated alkanes) is 1. The Balaban J connectivity index is 1.21. The SMILES string of the molecule is CCCCOC(=O)c1ccc(NC(=O)C(C)Sc2ccc(NC(=O)/C(=C/c3ccc(-c4ccccc4)cc3)NC(=O)c3ccccc3)cc2)cc1. The summed E-state index contributed by atoms with van der Waals surface area (Å²) in [5, 5.41) is 8.10. The zero-order valence-corrected chi connectivity index (χ0v) is 29.2. The van der Waals surface area contributed by atoms with Crippen molar-refractivity contribution in [2.24, 2.45) is 0 Å². The quantitative estimate of drug-likeness (QED) is 0.0463. The van der Waals surface area contributed by atoms with E-state index in [0.29, 0.717) is 29.1 Å². The number of hydrogen-bond acceptors (Lipinski definition) is 6. The van der Waals surface area contributed by atoms with Crippen LogP contribution >= 0.6 is 11.8 Å². The average Bonchev–Trinajstić information content (AvgIpc) is 3.16. The van der Waals surface area contributed by atoms with E-state index in [0.717, 1.165) is 34.4 Å². The Morgan fingerprint density at radius 2 is 1.27 bits per heavy atom. The van der Waals surface area contributed by atoms with Crippen LogP contribution in [0.15, 0.2) is 144 Å². The van der Waals surface area contributed by atoms with Gasteiger partial charge in [-0.25, -0.2) is 4.79 Å². The molecule has 0 heterocycles. The van der Waals surface area contributed by atoms with Crippen LogP contribution in [0, 0.1) is 0 Å². The van der Waals surface area contributed by atoms with Crippen LogP contribution < -0.4 is 16.0 Å². The zero-order valence-electron chi connectivity index (χ0n) is 28.4. The molecule has 0 fully saturated rings. The van der Waals surface area contributed by atoms with Gasteiger partial charge in [0.2, 0.25) is 5.91 Å². The summed E-state index contributed by atoms with van der Waals surface area (Å²) in [6.45, 7) is 4.21. The number of nitrogens with one attached hydrogen (secondary N) is 3. The first-order chi connectivity index (χ1) is 24.8. The summed E-state index contributed by atoms with van der Waals surface area (Å²) in [5.74, 6) is -1.48. The van der Waals surface area contributed by atoms with E-state index >= 15 is 0 Å². The van der Waals surface area contributed by atoms with Gasteiger partial charge in [0.05, 0.1) is 17.4 Å². The molecule has 0 aliphatic heterocycles. The van der Waals surface area contributed by atoms with E-state index in [4.69, 9.17) is 4.74 Å². The molecule has 0 aliphatic rings. The van der Waals surface area contributed by atoms with Crippen molar-refractivity contribution in [3.05, 3.63) is 156 Å². The fourth-order valence-electron chi connectivity index (χ4n) is 4.91. The number of hydrogen-bond donors (Lipinski definition) is 3. The molecule has 3 amide bonds. The summed E-state index contributed by atoms with van der Waals surface area (Å²) < 4.78 is 5.24. The summed E-state index contributed by atoms with van der Waals surface area (Å²) in [5.41, 5.74) is 4.89. The molecule has 0 aliphatic carbocycles. The average molecular weight is 698 g/mol. The van der Waals surface area contributed by atoms with Crippen molar-refractivity contribution in [2.45, 2.75) is 36.8 Å². The molecule has 0 radical (unpaired) electrons. The second-order valence-corrected chi connectivity index (χ2v) is 13.1. The lowest BCUT2D eigenvalue weighted by Gasteiger charge is -2.14. The van der Waals surface area contributed by atoms with Gasteiger partial charge in [0.15, 0.2) is 0 Å². The van der Waals surface area contributed by atoms with Crippen LogP contribution in [0.5, 0.6) is 0 Å². The van der Waals surface area contributed by atoms with Crippen LogP contribution in [0.1, 0.15) is 53.0 Å². The van der Waals surface area contributed by atoms with Crippen LogP contribution in [-0.4, -0.2) is 35.5 Å². The highest BCUT2D eigenvalue weighted by molar-refractivity contribution is 8.00. The van der Waals surface area contributed by atoms with Gasteiger partial charge in [-0.05, 0) is 96.8 Å². The van der Waals surface area contributed by atoms with E-state index in [1.165, 1.54) is 11.8 Å². The molecule has 5 aromatic rings. The van der Waals surface area contributed by atoms with Gasteiger partial charge >= 0.3 is 5.97 Å². The Bertz CT molecular complexity index is 1960. The van der Waals surface area contributed by atoms with Crippen molar-refractivity contribution in [1.82, 2.24) is 5.32 Å². The minimum absolute atomic E-state index is 0.0847. The minimum Gasteiger partial charge on any atom is -0.462 e. The lowest BCUT2D eigenvalue weighted by Crippen LogP contribution is -2.30. The van der Waals surface area contributed by atoms with E-state index in [1.54, 1.807) is 73.7 Å². The third-order valence-corrected chi connectivity index (χ3v) is 8.88. The molecule has 5 rings (SSSR count). The summed E-state index contributed by atoms with van der Waals surface area (Å²) in [6.07, 6.45) is 3.39. The fraction of sp³-hybridized carbons (Fsp3) is 0.143. The van der Waals surface area contributed by atoms with Gasteiger partial charge in [-0.15, -0.1) is 11.8 Å². The van der Waals surface area contributed by atoms with Crippen molar-refractivity contribution < 1.29 is 23.9 Å². The number of esters is 1. The van der Waals surface area contributed by atoms with Crippen molar-refractivity contribution in [3.8, 4) is 11.1 Å². The maximum atomic E-state index is 13.5. The van der Waals surface area contributed by atoms with Gasteiger partial charge in [-0.2, -0.15) is 0 Å². The van der Waals surface area contributed by atoms with Crippen LogP contribution in [0.2, 0.25) is 0 Å². The van der Waals surface area contributed by atoms with Crippen molar-refractivity contribution in [2.75, 3.05) is 17.2 Å². The largest absolute Gasteiger partial charge is 0.462 e. The maximum absolute atomic E-state index is 13.5. The Hall–Kier alpha value is -5.93. The highest BCUT2D eigenvalue weighted by atomic mass is 32.2. The predicted octanol–water partition coefficient (Wildman–Crippen LogP) is 8.84. The number of anilines is 2. The zero-order chi connectivity index (χ0) is 36.0. The van der Waals surface area contributed by atoms with Crippen LogP contribution in [0.4, 0.5) is 11.4 Å². The van der Waals surface area contributed by atoms with E-state index in [2.05, 4.69) is 16.0 Å². The lowest BCUT2D eigenvalue weighted by molar-refractivity contribution is -0.115. The van der Waals surface area contributed by atoms with E-state index < -0.39 is 17.1 Å². The molecule has 8 nitrogen and oxygen atoms in total. The Kier molecular flexibility index (Phi) is 13.0. The molecule has 3 N–H and O–H groups in total. The Morgan fingerprint density at radius 3 is 1.92 bits per heavy atom. The second kappa shape index (κ2) is 18.2. The first kappa shape index (κ1) is 36.4.